The summed E-state index contributed by atoms with van der Waals surface area (Å²) in [4.78, 5) is 55.2. The minimum Gasteiger partial charge on any atom is -0.497 e. The van der Waals surface area contributed by atoms with Crippen molar-refractivity contribution in [3.63, 3.8) is 0 Å². The van der Waals surface area contributed by atoms with Gasteiger partial charge in [0.15, 0.2) is 5.69 Å². The standard InChI is InChI=1S/C29H35N7O4/c1-4-13-36-27(38)25-24(26(37)34-16-14-33(15-17-34)23-7-5-6-12-30-23)32-20-35(25)19-29(36,2)28(39)31-18-21-8-10-22(40-3)11-9-21/h5-12,20H,4,13-19H2,1-3H3,(H,31,39)/t29-/m1/s1. The maximum atomic E-state index is 13.9. The molecule has 0 bridgehead atoms. The van der Waals surface area contributed by atoms with Crippen molar-refractivity contribution in [3.05, 3.63) is 71.9 Å². The largest absolute Gasteiger partial charge is 0.497 e. The number of nitrogens with zero attached hydrogens (tertiary/aromatic N) is 6. The lowest BCUT2D eigenvalue weighted by atomic mass is 9.93. The zero-order valence-electron chi connectivity index (χ0n) is 23.2. The fraction of sp³-hybridized carbons (Fsp3) is 0.414. The van der Waals surface area contributed by atoms with Gasteiger partial charge in [0, 0.05) is 45.5 Å². The highest BCUT2D eigenvalue weighted by molar-refractivity contribution is 6.07. The normalized spacial score (nSPS) is 18.9. The number of benzene rings is 1. The molecule has 11 heteroatoms. The smallest absolute Gasteiger partial charge is 0.275 e. The summed E-state index contributed by atoms with van der Waals surface area (Å²) in [6.45, 7) is 6.91. The third-order valence-corrected chi connectivity index (χ3v) is 7.65. The molecule has 5 rings (SSSR count). The van der Waals surface area contributed by atoms with Crippen LogP contribution in [0.25, 0.3) is 0 Å². The van der Waals surface area contributed by atoms with Crippen LogP contribution in [-0.4, -0.2) is 87.4 Å². The summed E-state index contributed by atoms with van der Waals surface area (Å²) in [7, 11) is 1.60. The second kappa shape index (κ2) is 11.4. The Labute approximate surface area is 233 Å². The molecule has 11 nitrogen and oxygen atoms in total. The number of pyridine rings is 1. The number of nitrogens with one attached hydrogen (secondary N) is 1. The first-order chi connectivity index (χ1) is 19.4. The molecule has 2 aliphatic rings. The van der Waals surface area contributed by atoms with Crippen LogP contribution >= 0.6 is 0 Å². The highest BCUT2D eigenvalue weighted by atomic mass is 16.5. The molecule has 0 aliphatic carbocycles. The van der Waals surface area contributed by atoms with E-state index in [0.29, 0.717) is 45.7 Å². The molecule has 1 aromatic carbocycles. The number of carbonyl (C=O) groups excluding carboxylic acids is 3. The van der Waals surface area contributed by atoms with E-state index in [1.165, 1.54) is 6.33 Å². The molecule has 1 N–H and O–H groups in total. The molecule has 210 valence electrons. The van der Waals surface area contributed by atoms with Gasteiger partial charge < -0.3 is 29.3 Å². The first-order valence-electron chi connectivity index (χ1n) is 13.6. The van der Waals surface area contributed by atoms with Crippen LogP contribution in [-0.2, 0) is 17.9 Å². The van der Waals surface area contributed by atoms with Crippen molar-refractivity contribution >= 4 is 23.5 Å². The lowest BCUT2D eigenvalue weighted by Crippen LogP contribution is -2.64. The number of hydrogen-bond acceptors (Lipinski definition) is 7. The van der Waals surface area contributed by atoms with Crippen LogP contribution in [0, 0.1) is 0 Å². The molecule has 4 heterocycles. The van der Waals surface area contributed by atoms with Gasteiger partial charge >= 0.3 is 0 Å². The maximum Gasteiger partial charge on any atom is 0.275 e. The van der Waals surface area contributed by atoms with Gasteiger partial charge in [-0.15, -0.1) is 0 Å². The highest BCUT2D eigenvalue weighted by Crippen LogP contribution is 2.30. The van der Waals surface area contributed by atoms with Crippen molar-refractivity contribution in [2.75, 3.05) is 44.7 Å². The molecule has 2 aliphatic heterocycles. The van der Waals surface area contributed by atoms with E-state index in [9.17, 15) is 14.4 Å². The van der Waals surface area contributed by atoms with Crippen LogP contribution in [0.3, 0.4) is 0 Å². The topological polar surface area (TPSA) is 113 Å². The molecule has 1 atom stereocenters. The fourth-order valence-corrected chi connectivity index (χ4v) is 5.36. The molecule has 0 spiro atoms. The number of amides is 3. The van der Waals surface area contributed by atoms with Gasteiger partial charge in [0.2, 0.25) is 5.91 Å². The molecule has 0 unspecified atom stereocenters. The third-order valence-electron chi connectivity index (χ3n) is 7.65. The third kappa shape index (κ3) is 5.11. The van der Waals surface area contributed by atoms with Gasteiger partial charge in [0.1, 0.15) is 22.8 Å². The van der Waals surface area contributed by atoms with Gasteiger partial charge in [0.05, 0.1) is 20.0 Å². The average Bonchev–Trinajstić information content (AvgIpc) is 3.42. The highest BCUT2D eigenvalue weighted by Gasteiger charge is 2.48. The quantitative estimate of drug-likeness (QED) is 0.462. The first kappa shape index (κ1) is 27.2. The summed E-state index contributed by atoms with van der Waals surface area (Å²) in [5.74, 6) is 0.726. The second-order valence-corrected chi connectivity index (χ2v) is 10.3. The van der Waals surface area contributed by atoms with Crippen LogP contribution in [0.2, 0.25) is 0 Å². The van der Waals surface area contributed by atoms with Crippen molar-refractivity contribution in [1.82, 2.24) is 29.7 Å². The summed E-state index contributed by atoms with van der Waals surface area (Å²) in [5, 5.41) is 2.99. The fourth-order valence-electron chi connectivity index (χ4n) is 5.36. The van der Waals surface area contributed by atoms with E-state index in [-0.39, 0.29) is 35.7 Å². The van der Waals surface area contributed by atoms with Gasteiger partial charge in [-0.05, 0) is 43.2 Å². The lowest BCUT2D eigenvalue weighted by molar-refractivity contribution is -0.133. The summed E-state index contributed by atoms with van der Waals surface area (Å²) in [6.07, 6.45) is 3.92. The molecule has 40 heavy (non-hydrogen) atoms. The van der Waals surface area contributed by atoms with E-state index in [1.54, 1.807) is 34.6 Å². The molecule has 0 radical (unpaired) electrons. The van der Waals surface area contributed by atoms with E-state index in [1.807, 2.05) is 49.4 Å². The first-order valence-corrected chi connectivity index (χ1v) is 13.6. The Morgan fingerprint density at radius 3 is 2.45 bits per heavy atom. The molecular formula is C29H35N7O4. The van der Waals surface area contributed by atoms with E-state index < -0.39 is 5.54 Å². The number of piperazine rings is 1. The zero-order valence-corrected chi connectivity index (χ0v) is 23.2. The van der Waals surface area contributed by atoms with E-state index in [2.05, 4.69) is 20.2 Å². The minimum atomic E-state index is -1.14. The monoisotopic (exact) mass is 545 g/mol. The predicted octanol–water partition coefficient (Wildman–Crippen LogP) is 2.19. The number of rotatable bonds is 8. The van der Waals surface area contributed by atoms with Crippen LogP contribution in [0.4, 0.5) is 5.82 Å². The van der Waals surface area contributed by atoms with E-state index >= 15 is 0 Å². The summed E-state index contributed by atoms with van der Waals surface area (Å²) in [5.41, 5.74) is 0.160. The molecule has 0 saturated carbocycles. The number of carbonyl (C=O) groups is 3. The molecule has 1 saturated heterocycles. The van der Waals surface area contributed by atoms with Gasteiger partial charge in [-0.3, -0.25) is 14.4 Å². The van der Waals surface area contributed by atoms with Crippen molar-refractivity contribution in [3.8, 4) is 5.75 Å². The number of methoxy groups -OCH3 is 1. The molecular weight excluding hydrogens is 510 g/mol. The number of aromatic nitrogens is 3. The van der Waals surface area contributed by atoms with Gasteiger partial charge in [-0.25, -0.2) is 9.97 Å². The van der Waals surface area contributed by atoms with Gasteiger partial charge in [0.25, 0.3) is 11.8 Å². The maximum absolute atomic E-state index is 13.9. The van der Waals surface area contributed by atoms with Crippen LogP contribution in [0.5, 0.6) is 5.75 Å². The molecule has 3 aromatic rings. The Bertz CT molecular complexity index is 1370. The van der Waals surface area contributed by atoms with Crippen LogP contribution < -0.4 is 15.0 Å². The second-order valence-electron chi connectivity index (χ2n) is 10.3. The Kier molecular flexibility index (Phi) is 7.72. The van der Waals surface area contributed by atoms with Crippen molar-refractivity contribution in [1.29, 1.82) is 0 Å². The van der Waals surface area contributed by atoms with Crippen LogP contribution in [0.1, 0.15) is 46.8 Å². The average molecular weight is 546 g/mol. The summed E-state index contributed by atoms with van der Waals surface area (Å²) in [6, 6.07) is 13.2. The Hall–Kier alpha value is -4.41. The number of anilines is 1. The summed E-state index contributed by atoms with van der Waals surface area (Å²) >= 11 is 0. The van der Waals surface area contributed by atoms with E-state index in [4.69, 9.17) is 4.74 Å². The molecule has 3 amide bonds. The molecule has 2 aromatic heterocycles. The minimum absolute atomic E-state index is 0.137. The van der Waals surface area contributed by atoms with E-state index in [0.717, 1.165) is 17.1 Å². The number of ether oxygens (including phenoxy) is 1. The molecule has 1 fully saturated rings. The predicted molar refractivity (Wildman–Crippen MR) is 149 cm³/mol. The zero-order chi connectivity index (χ0) is 28.3. The van der Waals surface area contributed by atoms with Crippen molar-refractivity contribution < 1.29 is 19.1 Å². The van der Waals surface area contributed by atoms with Crippen LogP contribution in [0.15, 0.2) is 55.0 Å². The van der Waals surface area contributed by atoms with Gasteiger partial charge in [-0.1, -0.05) is 25.1 Å². The SMILES string of the molecule is CCCN1C(=O)c2c(C(=O)N3CCN(c4ccccn4)CC3)ncn2C[C@]1(C)C(=O)NCc1ccc(OC)cc1. The lowest BCUT2D eigenvalue weighted by Gasteiger charge is -2.43. The Morgan fingerprint density at radius 2 is 1.80 bits per heavy atom. The Balaban J connectivity index is 1.31. The van der Waals surface area contributed by atoms with Crippen molar-refractivity contribution in [2.24, 2.45) is 0 Å². The number of fused-ring (bicyclic) bond motifs is 1. The van der Waals surface area contributed by atoms with Gasteiger partial charge in [-0.2, -0.15) is 0 Å². The number of imidazole rings is 1. The van der Waals surface area contributed by atoms with Crippen molar-refractivity contribution in [2.45, 2.75) is 38.9 Å². The summed E-state index contributed by atoms with van der Waals surface area (Å²) < 4.78 is 6.85. The number of hydrogen-bond donors (Lipinski definition) is 1. The Morgan fingerprint density at radius 1 is 1.05 bits per heavy atom.